The van der Waals surface area contributed by atoms with Gasteiger partial charge >= 0.3 is 0 Å². The summed E-state index contributed by atoms with van der Waals surface area (Å²) in [6.07, 6.45) is 0. The summed E-state index contributed by atoms with van der Waals surface area (Å²) in [5.74, 6) is 0.605. The molecule has 0 spiro atoms. The molecule has 0 N–H and O–H groups in total. The summed E-state index contributed by atoms with van der Waals surface area (Å²) < 4.78 is 0. The van der Waals surface area contributed by atoms with Crippen molar-refractivity contribution in [1.82, 2.24) is 4.90 Å². The summed E-state index contributed by atoms with van der Waals surface area (Å²) in [6.45, 7) is 7.77. The van der Waals surface area contributed by atoms with Crippen molar-refractivity contribution < 1.29 is 0 Å². The van der Waals surface area contributed by atoms with E-state index in [1.165, 1.54) is 16.0 Å². The molecule has 2 rings (SSSR count). The van der Waals surface area contributed by atoms with Crippen LogP contribution in [0.2, 0.25) is 0 Å². The van der Waals surface area contributed by atoms with Crippen LogP contribution in [0.3, 0.4) is 0 Å². The molecule has 0 aliphatic heterocycles. The first-order valence-electron chi connectivity index (χ1n) is 6.90. The SMILES string of the molecule is CC(C)c1ccc(C(C)N(C)Cc2cccs2)cc1. The van der Waals surface area contributed by atoms with E-state index in [0.717, 1.165) is 6.54 Å². The molecule has 2 aromatic rings. The van der Waals surface area contributed by atoms with Crippen LogP contribution in [0.25, 0.3) is 0 Å². The summed E-state index contributed by atoms with van der Waals surface area (Å²) in [7, 11) is 2.20. The third kappa shape index (κ3) is 3.68. The van der Waals surface area contributed by atoms with Crippen LogP contribution in [0.15, 0.2) is 41.8 Å². The van der Waals surface area contributed by atoms with Crippen molar-refractivity contribution in [1.29, 1.82) is 0 Å². The normalized spacial score (nSPS) is 13.2. The lowest BCUT2D eigenvalue weighted by Crippen LogP contribution is -2.21. The topological polar surface area (TPSA) is 3.24 Å². The summed E-state index contributed by atoms with van der Waals surface area (Å²) in [6, 6.07) is 13.8. The molecule has 1 atom stereocenters. The third-order valence-corrected chi connectivity index (χ3v) is 4.59. The van der Waals surface area contributed by atoms with Gasteiger partial charge in [-0.05, 0) is 42.5 Å². The van der Waals surface area contributed by atoms with E-state index in [1.807, 2.05) is 11.3 Å². The molecule has 1 unspecified atom stereocenters. The van der Waals surface area contributed by atoms with Crippen LogP contribution < -0.4 is 0 Å². The maximum Gasteiger partial charge on any atom is 0.0330 e. The van der Waals surface area contributed by atoms with Crippen LogP contribution in [-0.2, 0) is 6.54 Å². The van der Waals surface area contributed by atoms with Crippen molar-refractivity contribution in [2.24, 2.45) is 0 Å². The average molecular weight is 273 g/mol. The molecule has 0 saturated carbocycles. The molecule has 0 fully saturated rings. The van der Waals surface area contributed by atoms with E-state index >= 15 is 0 Å². The second-order valence-electron chi connectivity index (χ2n) is 5.49. The van der Waals surface area contributed by atoms with Gasteiger partial charge < -0.3 is 0 Å². The molecule has 2 heteroatoms. The van der Waals surface area contributed by atoms with Crippen molar-refractivity contribution in [2.75, 3.05) is 7.05 Å². The minimum Gasteiger partial charge on any atom is -0.295 e. The van der Waals surface area contributed by atoms with E-state index in [2.05, 4.69) is 74.5 Å². The molecule has 1 nitrogen and oxygen atoms in total. The molecule has 0 saturated heterocycles. The van der Waals surface area contributed by atoms with E-state index in [9.17, 15) is 0 Å². The highest BCUT2D eigenvalue weighted by Crippen LogP contribution is 2.24. The van der Waals surface area contributed by atoms with Crippen molar-refractivity contribution in [3.05, 3.63) is 57.8 Å². The standard InChI is InChI=1S/C17H23NS/c1-13(2)15-7-9-16(10-8-15)14(3)18(4)12-17-6-5-11-19-17/h5-11,13-14H,12H2,1-4H3. The van der Waals surface area contributed by atoms with Gasteiger partial charge in [0.1, 0.15) is 0 Å². The van der Waals surface area contributed by atoms with Crippen LogP contribution in [0.1, 0.15) is 48.7 Å². The van der Waals surface area contributed by atoms with E-state index in [1.54, 1.807) is 0 Å². The number of hydrogen-bond acceptors (Lipinski definition) is 2. The lowest BCUT2D eigenvalue weighted by Gasteiger charge is -2.25. The highest BCUT2D eigenvalue weighted by molar-refractivity contribution is 7.09. The van der Waals surface area contributed by atoms with Gasteiger partial charge in [-0.2, -0.15) is 0 Å². The van der Waals surface area contributed by atoms with E-state index in [-0.39, 0.29) is 0 Å². The molecule has 1 aromatic heterocycles. The molecular formula is C17H23NS. The Morgan fingerprint density at radius 2 is 1.63 bits per heavy atom. The Morgan fingerprint density at radius 1 is 1.00 bits per heavy atom. The lowest BCUT2D eigenvalue weighted by atomic mass is 9.99. The van der Waals surface area contributed by atoms with Gasteiger partial charge in [0.15, 0.2) is 0 Å². The van der Waals surface area contributed by atoms with Gasteiger partial charge in [-0.25, -0.2) is 0 Å². The highest BCUT2D eigenvalue weighted by Gasteiger charge is 2.12. The number of hydrogen-bond donors (Lipinski definition) is 0. The van der Waals surface area contributed by atoms with Gasteiger partial charge in [0.2, 0.25) is 0 Å². The Hall–Kier alpha value is -1.12. The minimum atomic E-state index is 0.448. The number of nitrogens with zero attached hydrogens (tertiary/aromatic N) is 1. The van der Waals surface area contributed by atoms with Crippen LogP contribution in [0.4, 0.5) is 0 Å². The van der Waals surface area contributed by atoms with Gasteiger partial charge in [-0.3, -0.25) is 4.90 Å². The molecule has 1 heterocycles. The summed E-state index contributed by atoms with van der Waals surface area (Å²) >= 11 is 1.83. The smallest absolute Gasteiger partial charge is 0.0330 e. The molecule has 0 aliphatic rings. The third-order valence-electron chi connectivity index (χ3n) is 3.73. The maximum absolute atomic E-state index is 2.40. The zero-order valence-corrected chi connectivity index (χ0v) is 13.1. The Morgan fingerprint density at radius 3 is 2.16 bits per heavy atom. The van der Waals surface area contributed by atoms with Crippen LogP contribution >= 0.6 is 11.3 Å². The summed E-state index contributed by atoms with van der Waals surface area (Å²) in [5, 5.41) is 2.14. The van der Waals surface area contributed by atoms with Gasteiger partial charge in [0, 0.05) is 17.5 Å². The second-order valence-corrected chi connectivity index (χ2v) is 6.52. The maximum atomic E-state index is 2.40. The molecule has 0 aliphatic carbocycles. The van der Waals surface area contributed by atoms with Crippen LogP contribution in [0, 0.1) is 0 Å². The fraction of sp³-hybridized carbons (Fsp3) is 0.412. The first kappa shape index (κ1) is 14.3. The van der Waals surface area contributed by atoms with Crippen molar-refractivity contribution >= 4 is 11.3 Å². The number of benzene rings is 1. The van der Waals surface area contributed by atoms with E-state index in [0.29, 0.717) is 12.0 Å². The molecule has 0 bridgehead atoms. The van der Waals surface area contributed by atoms with E-state index in [4.69, 9.17) is 0 Å². The first-order valence-corrected chi connectivity index (χ1v) is 7.78. The van der Waals surface area contributed by atoms with Gasteiger partial charge in [0.25, 0.3) is 0 Å². The Bertz CT molecular complexity index is 484. The van der Waals surface area contributed by atoms with Crippen molar-refractivity contribution in [3.63, 3.8) is 0 Å². The van der Waals surface area contributed by atoms with Crippen molar-refractivity contribution in [3.8, 4) is 0 Å². The monoisotopic (exact) mass is 273 g/mol. The van der Waals surface area contributed by atoms with Crippen LogP contribution in [0.5, 0.6) is 0 Å². The predicted molar refractivity (Wildman–Crippen MR) is 84.7 cm³/mol. The van der Waals surface area contributed by atoms with Crippen LogP contribution in [-0.4, -0.2) is 11.9 Å². The zero-order chi connectivity index (χ0) is 13.8. The summed E-state index contributed by atoms with van der Waals surface area (Å²) in [5.41, 5.74) is 2.81. The Kier molecular flexibility index (Phi) is 4.78. The fourth-order valence-electron chi connectivity index (χ4n) is 2.20. The Balaban J connectivity index is 2.04. The number of rotatable bonds is 5. The average Bonchev–Trinajstić information content (AvgIpc) is 2.90. The quantitative estimate of drug-likeness (QED) is 0.735. The second kappa shape index (κ2) is 6.36. The van der Waals surface area contributed by atoms with Gasteiger partial charge in [-0.1, -0.05) is 44.2 Å². The van der Waals surface area contributed by atoms with Gasteiger partial charge in [0.05, 0.1) is 0 Å². The summed E-state index contributed by atoms with van der Waals surface area (Å²) in [4.78, 5) is 3.82. The largest absolute Gasteiger partial charge is 0.295 e. The fourth-order valence-corrected chi connectivity index (χ4v) is 2.97. The van der Waals surface area contributed by atoms with E-state index < -0.39 is 0 Å². The lowest BCUT2D eigenvalue weighted by molar-refractivity contribution is 0.255. The van der Waals surface area contributed by atoms with Gasteiger partial charge in [-0.15, -0.1) is 11.3 Å². The van der Waals surface area contributed by atoms with Crippen molar-refractivity contribution in [2.45, 2.75) is 39.3 Å². The molecular weight excluding hydrogens is 250 g/mol. The molecule has 0 radical (unpaired) electrons. The predicted octanol–water partition coefficient (Wildman–Crippen LogP) is 5.06. The Labute approximate surface area is 120 Å². The zero-order valence-electron chi connectivity index (χ0n) is 12.3. The minimum absolute atomic E-state index is 0.448. The highest BCUT2D eigenvalue weighted by atomic mass is 32.1. The molecule has 1 aromatic carbocycles. The molecule has 102 valence electrons. The number of thiophene rings is 1. The first-order chi connectivity index (χ1) is 9.08. The molecule has 19 heavy (non-hydrogen) atoms. The molecule has 0 amide bonds.